The summed E-state index contributed by atoms with van der Waals surface area (Å²) in [4.78, 5) is 19.9. The van der Waals surface area contributed by atoms with Gasteiger partial charge in [-0.15, -0.1) is 0 Å². The number of benzene rings is 1. The molecule has 0 aromatic heterocycles. The molecule has 1 rings (SSSR count). The molecule has 7 nitrogen and oxygen atoms in total. The summed E-state index contributed by atoms with van der Waals surface area (Å²) in [6.07, 6.45) is 3.96. The van der Waals surface area contributed by atoms with Gasteiger partial charge in [-0.05, 0) is 18.4 Å². The smallest absolute Gasteiger partial charge is 0.316 e. The van der Waals surface area contributed by atoms with Crippen molar-refractivity contribution in [3.8, 4) is 0 Å². The predicted octanol–water partition coefficient (Wildman–Crippen LogP) is 2.26. The normalized spacial score (nSPS) is 12.4. The van der Waals surface area contributed by atoms with Crippen LogP contribution in [-0.2, 0) is 25.2 Å². The zero-order chi connectivity index (χ0) is 16.8. The molecule has 2 N–H and O–H groups in total. The fourth-order valence-corrected chi connectivity index (χ4v) is 2.06. The minimum Gasteiger partial charge on any atom is -0.371 e. The molecule has 23 heavy (non-hydrogen) atoms. The number of unbranched alkanes of at least 4 members (excludes halogenated alkanes) is 2. The minimum absolute atomic E-state index is 0.166. The number of hydrogen-bond donors (Lipinski definition) is 2. The summed E-state index contributed by atoms with van der Waals surface area (Å²) in [7, 11) is -2.84. The number of rotatable bonds is 12. The van der Waals surface area contributed by atoms with Gasteiger partial charge in [-0.2, -0.15) is 5.10 Å². The average molecular weight is 342 g/mol. The fraction of sp³-hybridized carbons (Fsp3) is 0.467. The van der Waals surface area contributed by atoms with Gasteiger partial charge in [0, 0.05) is 6.42 Å². The monoisotopic (exact) mass is 342 g/mol. The van der Waals surface area contributed by atoms with Crippen molar-refractivity contribution in [3.05, 3.63) is 35.9 Å². The van der Waals surface area contributed by atoms with E-state index in [1.807, 2.05) is 30.3 Å². The maximum absolute atomic E-state index is 11.5. The molecule has 1 unspecified atom stereocenters. The van der Waals surface area contributed by atoms with Gasteiger partial charge in [-0.25, -0.2) is 5.43 Å². The van der Waals surface area contributed by atoms with Crippen molar-refractivity contribution in [3.63, 3.8) is 0 Å². The standard InChI is InChI=1S/C15H23N2O5P/c18-15(9-5-2-6-11-22-23(19)20)17-16-10-12-21-13-14-7-3-1-4-8-14/h1,3-4,7-8,10,23H,2,5-6,9,11-13H2,(H,17,18)(H,19,20)/b16-10+. The number of nitrogens with one attached hydrogen (secondary N) is 1. The Morgan fingerprint density at radius 1 is 1.26 bits per heavy atom. The molecule has 1 aromatic rings. The molecule has 0 saturated heterocycles. The number of hydrazone groups is 1. The molecule has 1 aromatic carbocycles. The van der Waals surface area contributed by atoms with Gasteiger partial charge in [0.25, 0.3) is 0 Å². The molecule has 0 heterocycles. The van der Waals surface area contributed by atoms with Crippen LogP contribution >= 0.6 is 8.25 Å². The lowest BCUT2D eigenvalue weighted by atomic mass is 10.2. The number of amides is 1. The third-order valence-electron chi connectivity index (χ3n) is 2.86. The van der Waals surface area contributed by atoms with Crippen LogP contribution in [0.4, 0.5) is 0 Å². The Balaban J connectivity index is 1.95. The number of carbonyl (C=O) groups is 1. The Morgan fingerprint density at radius 3 is 2.78 bits per heavy atom. The maximum atomic E-state index is 11.5. The van der Waals surface area contributed by atoms with E-state index in [9.17, 15) is 9.36 Å². The van der Waals surface area contributed by atoms with Crippen LogP contribution in [0, 0.1) is 0 Å². The van der Waals surface area contributed by atoms with Crippen molar-refractivity contribution in [2.24, 2.45) is 5.10 Å². The first-order chi connectivity index (χ1) is 11.2. The van der Waals surface area contributed by atoms with E-state index in [0.717, 1.165) is 12.0 Å². The molecule has 1 amide bonds. The second-order valence-corrected chi connectivity index (χ2v) is 5.59. The summed E-state index contributed by atoms with van der Waals surface area (Å²) < 4.78 is 20.2. The van der Waals surface area contributed by atoms with Crippen molar-refractivity contribution < 1.29 is 23.5 Å². The Bertz CT molecular complexity index is 496. The molecule has 0 aliphatic carbocycles. The van der Waals surface area contributed by atoms with Crippen LogP contribution in [0.3, 0.4) is 0 Å². The molecule has 0 saturated carbocycles. The van der Waals surface area contributed by atoms with E-state index in [1.54, 1.807) is 0 Å². The van der Waals surface area contributed by atoms with Crippen molar-refractivity contribution >= 4 is 20.4 Å². The van der Waals surface area contributed by atoms with Gasteiger partial charge in [-0.1, -0.05) is 36.8 Å². The summed E-state index contributed by atoms with van der Waals surface area (Å²) >= 11 is 0. The largest absolute Gasteiger partial charge is 0.371 e. The molecule has 0 spiro atoms. The maximum Gasteiger partial charge on any atom is 0.316 e. The first-order valence-electron chi connectivity index (χ1n) is 7.46. The zero-order valence-electron chi connectivity index (χ0n) is 12.9. The first-order valence-corrected chi connectivity index (χ1v) is 8.72. The van der Waals surface area contributed by atoms with E-state index in [-0.39, 0.29) is 12.5 Å². The van der Waals surface area contributed by atoms with Crippen LogP contribution in [-0.4, -0.2) is 30.2 Å². The van der Waals surface area contributed by atoms with Gasteiger partial charge >= 0.3 is 8.25 Å². The van der Waals surface area contributed by atoms with Crippen molar-refractivity contribution in [2.75, 3.05) is 13.2 Å². The van der Waals surface area contributed by atoms with Gasteiger partial charge in [0.15, 0.2) is 0 Å². The summed E-state index contributed by atoms with van der Waals surface area (Å²) in [5, 5.41) is 3.80. The van der Waals surface area contributed by atoms with E-state index in [2.05, 4.69) is 15.1 Å². The van der Waals surface area contributed by atoms with Crippen LogP contribution in [0.15, 0.2) is 35.4 Å². The predicted molar refractivity (Wildman–Crippen MR) is 88.4 cm³/mol. The third-order valence-corrected chi connectivity index (χ3v) is 3.31. The third kappa shape index (κ3) is 11.7. The van der Waals surface area contributed by atoms with Gasteiger partial charge in [0.1, 0.15) is 0 Å². The summed E-state index contributed by atoms with van der Waals surface area (Å²) in [6, 6.07) is 9.79. The SMILES string of the molecule is O=C(CCCCCO[PH](=O)O)N/N=C/COCc1ccccc1. The molecule has 0 aliphatic heterocycles. The van der Waals surface area contributed by atoms with Crippen molar-refractivity contribution in [1.82, 2.24) is 5.43 Å². The highest BCUT2D eigenvalue weighted by molar-refractivity contribution is 7.32. The fourth-order valence-electron chi connectivity index (χ4n) is 1.74. The molecular weight excluding hydrogens is 319 g/mol. The van der Waals surface area contributed by atoms with Gasteiger partial charge in [0.2, 0.25) is 5.91 Å². The van der Waals surface area contributed by atoms with E-state index in [1.165, 1.54) is 6.21 Å². The lowest BCUT2D eigenvalue weighted by Gasteiger charge is -2.02. The average Bonchev–Trinajstić information content (AvgIpc) is 2.54. The lowest BCUT2D eigenvalue weighted by Crippen LogP contribution is -2.17. The number of nitrogens with zero attached hydrogens (tertiary/aromatic N) is 1. The second-order valence-electron chi connectivity index (χ2n) is 4.77. The van der Waals surface area contributed by atoms with Crippen molar-refractivity contribution in [1.29, 1.82) is 0 Å². The molecular formula is C15H23N2O5P. The van der Waals surface area contributed by atoms with E-state index in [0.29, 0.717) is 32.5 Å². The van der Waals surface area contributed by atoms with E-state index < -0.39 is 8.25 Å². The molecule has 8 heteroatoms. The van der Waals surface area contributed by atoms with Crippen LogP contribution in [0.1, 0.15) is 31.2 Å². The number of carbonyl (C=O) groups excluding carboxylic acids is 1. The molecule has 0 bridgehead atoms. The van der Waals surface area contributed by atoms with Crippen LogP contribution in [0.2, 0.25) is 0 Å². The first kappa shape index (κ1) is 19.5. The van der Waals surface area contributed by atoms with Crippen LogP contribution in [0.25, 0.3) is 0 Å². The molecule has 0 radical (unpaired) electrons. The van der Waals surface area contributed by atoms with Gasteiger partial charge in [-0.3, -0.25) is 9.36 Å². The molecule has 128 valence electrons. The lowest BCUT2D eigenvalue weighted by molar-refractivity contribution is -0.121. The summed E-state index contributed by atoms with van der Waals surface area (Å²) in [6.45, 7) is 1.07. The Kier molecular flexibility index (Phi) is 11.0. The molecule has 0 fully saturated rings. The minimum atomic E-state index is -2.84. The highest BCUT2D eigenvalue weighted by Gasteiger charge is 1.99. The van der Waals surface area contributed by atoms with E-state index >= 15 is 0 Å². The quantitative estimate of drug-likeness (QED) is 0.263. The number of hydrogen-bond acceptors (Lipinski definition) is 5. The Morgan fingerprint density at radius 2 is 2.04 bits per heavy atom. The molecule has 1 atom stereocenters. The topological polar surface area (TPSA) is 97.2 Å². The van der Waals surface area contributed by atoms with Crippen LogP contribution < -0.4 is 5.43 Å². The summed E-state index contributed by atoms with van der Waals surface area (Å²) in [5.74, 6) is -0.166. The Labute approximate surface area is 136 Å². The second kappa shape index (κ2) is 13.0. The highest BCUT2D eigenvalue weighted by atomic mass is 31.1. The zero-order valence-corrected chi connectivity index (χ0v) is 13.9. The Hall–Kier alpha value is -1.53. The van der Waals surface area contributed by atoms with Gasteiger partial charge < -0.3 is 14.2 Å². The molecule has 0 aliphatic rings. The van der Waals surface area contributed by atoms with Gasteiger partial charge in [0.05, 0.1) is 26.0 Å². The van der Waals surface area contributed by atoms with Crippen LogP contribution in [0.5, 0.6) is 0 Å². The summed E-state index contributed by atoms with van der Waals surface area (Å²) in [5.41, 5.74) is 3.51. The van der Waals surface area contributed by atoms with E-state index in [4.69, 9.17) is 9.63 Å². The number of ether oxygens (including phenoxy) is 1. The highest BCUT2D eigenvalue weighted by Crippen LogP contribution is 2.15. The van der Waals surface area contributed by atoms with Crippen molar-refractivity contribution in [2.45, 2.75) is 32.3 Å².